The summed E-state index contributed by atoms with van der Waals surface area (Å²) in [5.74, 6) is 0.701. The van der Waals surface area contributed by atoms with Crippen molar-refractivity contribution in [1.82, 2.24) is 14.7 Å². The molecular weight excluding hydrogens is 444 g/mol. The Morgan fingerprint density at radius 1 is 1.26 bits per heavy atom. The van der Waals surface area contributed by atoms with Gasteiger partial charge in [-0.3, -0.25) is 9.20 Å². The normalized spacial score (nSPS) is 14.0. The standard InChI is InChI=1S/C25H29F2N3O4/c1-25(2,28-3)14-33-17-7-8-30-18(13-29-22(30)12-17)16-10-20(32-4)23(19(31)9-15-5-6-15)21(11-16)34-24(26)27/h7-8,10-13,15,24,28H,5-6,9,14H2,1-4H3. The van der Waals surface area contributed by atoms with E-state index in [1.165, 1.54) is 13.2 Å². The van der Waals surface area contributed by atoms with Crippen molar-refractivity contribution in [2.24, 2.45) is 5.92 Å². The molecule has 4 rings (SSSR count). The van der Waals surface area contributed by atoms with Crippen molar-refractivity contribution in [3.05, 3.63) is 42.2 Å². The van der Waals surface area contributed by atoms with E-state index in [1.54, 1.807) is 24.5 Å². The SMILES string of the molecule is CNC(C)(C)COc1ccn2c(-c3cc(OC)c(C(=O)CC4CC4)c(OC(F)F)c3)cnc2c1. The lowest BCUT2D eigenvalue weighted by molar-refractivity contribution is -0.0502. The number of pyridine rings is 1. The average Bonchev–Trinajstić information content (AvgIpc) is 3.51. The predicted octanol–water partition coefficient (Wildman–Crippen LogP) is 4.97. The number of ether oxygens (including phenoxy) is 3. The van der Waals surface area contributed by atoms with E-state index in [1.807, 2.05) is 31.4 Å². The maximum absolute atomic E-state index is 13.2. The molecule has 7 nitrogen and oxygen atoms in total. The van der Waals surface area contributed by atoms with Gasteiger partial charge in [0.15, 0.2) is 5.78 Å². The number of hydrogen-bond donors (Lipinski definition) is 1. The molecule has 1 aromatic carbocycles. The molecule has 0 saturated heterocycles. The number of carbonyl (C=O) groups is 1. The van der Waals surface area contributed by atoms with Gasteiger partial charge in [-0.05, 0) is 57.9 Å². The van der Waals surface area contributed by atoms with E-state index >= 15 is 0 Å². The minimum Gasteiger partial charge on any atom is -0.496 e. The monoisotopic (exact) mass is 473 g/mol. The summed E-state index contributed by atoms with van der Waals surface area (Å²) in [6.07, 6.45) is 5.65. The largest absolute Gasteiger partial charge is 0.496 e. The lowest BCUT2D eigenvalue weighted by Crippen LogP contribution is -2.42. The van der Waals surface area contributed by atoms with Gasteiger partial charge in [0.25, 0.3) is 0 Å². The number of likely N-dealkylation sites (N-methyl/N-ethyl adjacent to an activating group) is 1. The summed E-state index contributed by atoms with van der Waals surface area (Å²) >= 11 is 0. The third kappa shape index (κ3) is 5.30. The van der Waals surface area contributed by atoms with E-state index in [9.17, 15) is 13.6 Å². The number of ketones is 1. The number of methoxy groups -OCH3 is 1. The van der Waals surface area contributed by atoms with Crippen LogP contribution in [0.25, 0.3) is 16.9 Å². The first-order valence-corrected chi connectivity index (χ1v) is 11.2. The second-order valence-electron chi connectivity index (χ2n) is 9.16. The van der Waals surface area contributed by atoms with Gasteiger partial charge in [-0.15, -0.1) is 0 Å². The second kappa shape index (κ2) is 9.58. The molecule has 1 saturated carbocycles. The molecule has 2 aromatic heterocycles. The topological polar surface area (TPSA) is 74.1 Å². The van der Waals surface area contributed by atoms with Crippen molar-refractivity contribution in [3.8, 4) is 28.5 Å². The molecule has 0 atom stereocenters. The number of alkyl halides is 2. The number of halogens is 2. The maximum Gasteiger partial charge on any atom is 0.387 e. The molecular formula is C25H29F2N3O4. The van der Waals surface area contributed by atoms with Crippen molar-refractivity contribution >= 4 is 11.4 Å². The number of aromatic nitrogens is 2. The van der Waals surface area contributed by atoms with E-state index in [0.717, 1.165) is 12.8 Å². The van der Waals surface area contributed by atoms with Crippen molar-refractivity contribution < 1.29 is 27.8 Å². The number of imidazole rings is 1. The summed E-state index contributed by atoms with van der Waals surface area (Å²) in [4.78, 5) is 17.3. The van der Waals surface area contributed by atoms with Crippen LogP contribution in [-0.4, -0.2) is 48.1 Å². The Bertz CT molecular complexity index is 1190. The third-order valence-electron chi connectivity index (χ3n) is 6.01. The Kier molecular flexibility index (Phi) is 6.74. The van der Waals surface area contributed by atoms with E-state index in [0.29, 0.717) is 35.2 Å². The fourth-order valence-corrected chi connectivity index (χ4v) is 3.65. The van der Waals surface area contributed by atoms with Crippen LogP contribution < -0.4 is 19.5 Å². The van der Waals surface area contributed by atoms with Gasteiger partial charge < -0.3 is 19.5 Å². The summed E-state index contributed by atoms with van der Waals surface area (Å²) in [6.45, 7) is 1.46. The van der Waals surface area contributed by atoms with Crippen LogP contribution in [0.4, 0.5) is 8.78 Å². The van der Waals surface area contributed by atoms with Crippen LogP contribution in [0.1, 0.15) is 43.5 Å². The average molecular weight is 474 g/mol. The molecule has 1 fully saturated rings. The molecule has 0 unspecified atom stereocenters. The van der Waals surface area contributed by atoms with Crippen LogP contribution in [0.15, 0.2) is 36.7 Å². The van der Waals surface area contributed by atoms with Crippen molar-refractivity contribution in [2.45, 2.75) is 45.3 Å². The zero-order valence-corrected chi connectivity index (χ0v) is 19.7. The summed E-state index contributed by atoms with van der Waals surface area (Å²) < 4.78 is 44.3. The van der Waals surface area contributed by atoms with Gasteiger partial charge in [0, 0.05) is 29.8 Å². The molecule has 1 N–H and O–H groups in total. The molecule has 34 heavy (non-hydrogen) atoms. The Hall–Kier alpha value is -3.20. The first kappa shape index (κ1) is 23.9. The lowest BCUT2D eigenvalue weighted by atomic mass is 10.00. The Balaban J connectivity index is 1.70. The smallest absolute Gasteiger partial charge is 0.387 e. The number of rotatable bonds is 11. The number of fused-ring (bicyclic) bond motifs is 1. The lowest BCUT2D eigenvalue weighted by Gasteiger charge is -2.24. The van der Waals surface area contributed by atoms with Crippen LogP contribution in [0, 0.1) is 5.92 Å². The summed E-state index contributed by atoms with van der Waals surface area (Å²) in [5.41, 5.74) is 1.65. The van der Waals surface area contributed by atoms with Gasteiger partial charge in [0.05, 0.1) is 19.0 Å². The molecule has 0 amide bonds. The summed E-state index contributed by atoms with van der Waals surface area (Å²) in [5, 5.41) is 3.18. The van der Waals surface area contributed by atoms with Crippen LogP contribution >= 0.6 is 0 Å². The fourth-order valence-electron chi connectivity index (χ4n) is 3.65. The first-order chi connectivity index (χ1) is 16.2. The van der Waals surface area contributed by atoms with Crippen LogP contribution in [0.3, 0.4) is 0 Å². The van der Waals surface area contributed by atoms with Gasteiger partial charge in [0.1, 0.15) is 35.1 Å². The highest BCUT2D eigenvalue weighted by atomic mass is 19.3. The quantitative estimate of drug-likeness (QED) is 0.397. The van der Waals surface area contributed by atoms with Crippen molar-refractivity contribution in [1.29, 1.82) is 0 Å². The first-order valence-electron chi connectivity index (χ1n) is 11.2. The van der Waals surface area contributed by atoms with Gasteiger partial charge in [-0.1, -0.05) is 0 Å². The summed E-state index contributed by atoms with van der Waals surface area (Å²) in [7, 11) is 3.28. The van der Waals surface area contributed by atoms with E-state index in [-0.39, 0.29) is 34.8 Å². The van der Waals surface area contributed by atoms with Gasteiger partial charge in [0.2, 0.25) is 0 Å². The molecule has 0 spiro atoms. The molecule has 2 heterocycles. The van der Waals surface area contributed by atoms with Gasteiger partial charge >= 0.3 is 6.61 Å². The number of Topliss-reactive ketones (excluding diaryl/α,β-unsaturated/α-hetero) is 1. The van der Waals surface area contributed by atoms with Crippen molar-refractivity contribution in [3.63, 3.8) is 0 Å². The number of carbonyl (C=O) groups excluding carboxylic acids is 1. The molecule has 0 radical (unpaired) electrons. The van der Waals surface area contributed by atoms with E-state index < -0.39 is 6.61 Å². The van der Waals surface area contributed by atoms with Crippen LogP contribution in [-0.2, 0) is 0 Å². The number of hydrogen-bond acceptors (Lipinski definition) is 6. The molecule has 0 bridgehead atoms. The Labute approximate surface area is 197 Å². The second-order valence-corrected chi connectivity index (χ2v) is 9.16. The molecule has 9 heteroatoms. The third-order valence-corrected chi connectivity index (χ3v) is 6.01. The van der Waals surface area contributed by atoms with E-state index in [2.05, 4.69) is 10.3 Å². The minimum atomic E-state index is -3.07. The number of nitrogens with zero attached hydrogens (tertiary/aromatic N) is 2. The van der Waals surface area contributed by atoms with Gasteiger partial charge in [-0.25, -0.2) is 4.98 Å². The van der Waals surface area contributed by atoms with Gasteiger partial charge in [-0.2, -0.15) is 8.78 Å². The Morgan fingerprint density at radius 2 is 2.00 bits per heavy atom. The molecule has 3 aromatic rings. The minimum absolute atomic E-state index is 0.0510. The molecule has 1 aliphatic carbocycles. The number of benzene rings is 1. The molecule has 182 valence electrons. The van der Waals surface area contributed by atoms with Crippen LogP contribution in [0.2, 0.25) is 0 Å². The predicted molar refractivity (Wildman–Crippen MR) is 124 cm³/mol. The highest BCUT2D eigenvalue weighted by Crippen LogP contribution is 2.40. The Morgan fingerprint density at radius 3 is 2.65 bits per heavy atom. The zero-order chi connectivity index (χ0) is 24.5. The summed E-state index contributed by atoms with van der Waals surface area (Å²) in [6, 6.07) is 6.71. The molecule has 1 aliphatic rings. The number of nitrogens with one attached hydrogen (secondary N) is 1. The van der Waals surface area contributed by atoms with E-state index in [4.69, 9.17) is 14.2 Å². The van der Waals surface area contributed by atoms with Crippen molar-refractivity contribution in [2.75, 3.05) is 20.8 Å². The molecule has 0 aliphatic heterocycles. The highest BCUT2D eigenvalue weighted by molar-refractivity contribution is 6.02. The maximum atomic E-state index is 13.2. The highest BCUT2D eigenvalue weighted by Gasteiger charge is 2.30. The van der Waals surface area contributed by atoms with Crippen LogP contribution in [0.5, 0.6) is 17.2 Å². The zero-order valence-electron chi connectivity index (χ0n) is 19.7. The fraction of sp³-hybridized carbons (Fsp3) is 0.440.